The summed E-state index contributed by atoms with van der Waals surface area (Å²) in [5, 5.41) is 4.15. The summed E-state index contributed by atoms with van der Waals surface area (Å²) in [5.41, 5.74) is 5.91. The largest absolute Gasteiger partial charge is 0.355 e. The Labute approximate surface area is 224 Å². The molecule has 1 aromatic heterocycles. The molecule has 2 heterocycles. The predicted molar refractivity (Wildman–Crippen MR) is 153 cm³/mol. The zero-order valence-electron chi connectivity index (χ0n) is 22.5. The number of amides is 2. The van der Waals surface area contributed by atoms with E-state index in [1.165, 1.54) is 0 Å². The molecule has 4 aromatic rings. The van der Waals surface area contributed by atoms with Gasteiger partial charge in [0, 0.05) is 35.6 Å². The van der Waals surface area contributed by atoms with Crippen LogP contribution in [0.4, 0.5) is 0 Å². The molecular weight excluding hydrogens is 472 g/mol. The number of para-hydroxylation sites is 1. The monoisotopic (exact) mass is 508 g/mol. The Hall–Kier alpha value is -3.90. The van der Waals surface area contributed by atoms with E-state index in [2.05, 4.69) is 59.9 Å². The van der Waals surface area contributed by atoms with Gasteiger partial charge in [0.25, 0.3) is 5.91 Å². The average Bonchev–Trinajstić information content (AvgIpc) is 3.39. The van der Waals surface area contributed by atoms with E-state index in [1.807, 2.05) is 54.6 Å². The van der Waals surface area contributed by atoms with Crippen LogP contribution < -0.4 is 5.32 Å². The second kappa shape index (κ2) is 11.2. The number of benzene rings is 3. The first-order valence-electron chi connectivity index (χ1n) is 13.6. The number of fused-ring (bicyclic) bond motifs is 2. The van der Waals surface area contributed by atoms with Crippen molar-refractivity contribution in [3.63, 3.8) is 0 Å². The van der Waals surface area contributed by atoms with Crippen LogP contribution in [0.3, 0.4) is 0 Å². The lowest BCUT2D eigenvalue weighted by molar-refractivity contribution is -0.122. The first-order valence-corrected chi connectivity index (χ1v) is 13.6. The number of carbonyl (C=O) groups is 2. The van der Waals surface area contributed by atoms with E-state index in [1.54, 1.807) is 4.90 Å². The molecule has 1 N–H and O–H groups in total. The highest BCUT2D eigenvalue weighted by Crippen LogP contribution is 2.46. The van der Waals surface area contributed by atoms with Gasteiger partial charge < -0.3 is 19.7 Å². The lowest BCUT2D eigenvalue weighted by Crippen LogP contribution is -2.40. The molecule has 0 bridgehead atoms. The minimum atomic E-state index is -0.360. The quantitative estimate of drug-likeness (QED) is 0.298. The normalized spacial score (nSPS) is 14.9. The zero-order chi connectivity index (χ0) is 26.6. The van der Waals surface area contributed by atoms with E-state index in [4.69, 9.17) is 0 Å². The van der Waals surface area contributed by atoms with Crippen LogP contribution in [-0.2, 0) is 11.8 Å². The summed E-state index contributed by atoms with van der Waals surface area (Å²) in [4.78, 5) is 31.0. The third-order valence-corrected chi connectivity index (χ3v) is 7.71. The van der Waals surface area contributed by atoms with Gasteiger partial charge in [-0.05, 0) is 49.3 Å². The first kappa shape index (κ1) is 25.7. The van der Waals surface area contributed by atoms with Gasteiger partial charge in [-0.2, -0.15) is 0 Å². The maximum Gasteiger partial charge on any atom is 0.255 e. The molecule has 3 aromatic carbocycles. The summed E-state index contributed by atoms with van der Waals surface area (Å²) in [6.45, 7) is 7.86. The number of hydrogen-bond donors (Lipinski definition) is 1. The Kier molecular flexibility index (Phi) is 7.61. The maximum atomic E-state index is 13.7. The molecule has 0 spiro atoms. The molecule has 6 heteroatoms. The molecule has 0 radical (unpaired) electrons. The zero-order valence-corrected chi connectivity index (χ0v) is 22.5. The van der Waals surface area contributed by atoms with E-state index < -0.39 is 0 Å². The summed E-state index contributed by atoms with van der Waals surface area (Å²) in [6, 6.07) is 26.0. The molecule has 1 unspecified atom stereocenters. The fourth-order valence-electron chi connectivity index (χ4n) is 5.77. The van der Waals surface area contributed by atoms with Gasteiger partial charge in [0.1, 0.15) is 6.54 Å². The van der Waals surface area contributed by atoms with Crippen molar-refractivity contribution in [3.8, 4) is 11.3 Å². The minimum Gasteiger partial charge on any atom is -0.355 e. The van der Waals surface area contributed by atoms with Crippen molar-refractivity contribution in [2.75, 3.05) is 32.7 Å². The van der Waals surface area contributed by atoms with Gasteiger partial charge in [0.15, 0.2) is 0 Å². The molecule has 196 valence electrons. The van der Waals surface area contributed by atoms with Crippen molar-refractivity contribution >= 4 is 22.7 Å². The molecule has 0 aliphatic carbocycles. The van der Waals surface area contributed by atoms with E-state index in [9.17, 15) is 9.59 Å². The number of aryl methyl sites for hydroxylation is 1. The van der Waals surface area contributed by atoms with Crippen LogP contribution in [0.2, 0.25) is 0 Å². The molecule has 0 saturated carbocycles. The molecule has 1 aliphatic rings. The fraction of sp³-hybridized carbons (Fsp3) is 0.312. The minimum absolute atomic E-state index is 0.0148. The van der Waals surface area contributed by atoms with Gasteiger partial charge in [-0.1, -0.05) is 80.6 Å². The van der Waals surface area contributed by atoms with Gasteiger partial charge in [-0.25, -0.2) is 0 Å². The first-order chi connectivity index (χ1) is 18.5. The van der Waals surface area contributed by atoms with Crippen molar-refractivity contribution in [1.29, 1.82) is 0 Å². The Morgan fingerprint density at radius 1 is 0.921 bits per heavy atom. The van der Waals surface area contributed by atoms with Gasteiger partial charge in [0.2, 0.25) is 5.91 Å². The average molecular weight is 509 g/mol. The lowest BCUT2D eigenvalue weighted by atomic mass is 9.93. The topological polar surface area (TPSA) is 57.6 Å². The van der Waals surface area contributed by atoms with E-state index in [-0.39, 0.29) is 24.4 Å². The van der Waals surface area contributed by atoms with Crippen molar-refractivity contribution in [3.05, 3.63) is 95.6 Å². The van der Waals surface area contributed by atoms with Crippen LogP contribution in [-0.4, -0.2) is 58.9 Å². The molecular formula is C32H36N4O2. The summed E-state index contributed by atoms with van der Waals surface area (Å²) in [6.07, 6.45) is 0.881. The number of nitrogens with zero attached hydrogens (tertiary/aromatic N) is 3. The van der Waals surface area contributed by atoms with Crippen LogP contribution >= 0.6 is 0 Å². The SMILES string of the molecule is CCN(CC)CCCNC(=O)CN1C(=O)c2ccccc2C1c1c(-c2ccccc2)n(C)c2ccccc12. The Morgan fingerprint density at radius 3 is 2.37 bits per heavy atom. The number of aromatic nitrogens is 1. The van der Waals surface area contributed by atoms with Gasteiger partial charge in [0.05, 0.1) is 11.7 Å². The number of hydrogen-bond acceptors (Lipinski definition) is 3. The van der Waals surface area contributed by atoms with Gasteiger partial charge >= 0.3 is 0 Å². The van der Waals surface area contributed by atoms with E-state index in [0.29, 0.717) is 12.1 Å². The standard InChI is InChI=1S/C32H36N4O2/c1-4-35(5-2)21-13-20-33-28(37)22-36-31(24-16-9-10-17-25(24)32(36)38)29-26-18-11-12-19-27(26)34(3)30(29)23-14-7-6-8-15-23/h6-12,14-19,31H,4-5,13,20-22H2,1-3H3,(H,33,37). The molecule has 5 rings (SSSR count). The van der Waals surface area contributed by atoms with E-state index in [0.717, 1.165) is 59.3 Å². The maximum absolute atomic E-state index is 13.7. The molecule has 0 fully saturated rings. The van der Waals surface area contributed by atoms with Gasteiger partial charge in [-0.3, -0.25) is 9.59 Å². The van der Waals surface area contributed by atoms with Crippen LogP contribution in [0.15, 0.2) is 78.9 Å². The fourth-order valence-corrected chi connectivity index (χ4v) is 5.77. The highest BCUT2D eigenvalue weighted by atomic mass is 16.2. The van der Waals surface area contributed by atoms with Crippen molar-refractivity contribution in [1.82, 2.24) is 19.7 Å². The van der Waals surface area contributed by atoms with Crippen molar-refractivity contribution in [2.45, 2.75) is 26.3 Å². The number of rotatable bonds is 10. The second-order valence-corrected chi connectivity index (χ2v) is 9.86. The Morgan fingerprint density at radius 2 is 1.61 bits per heavy atom. The van der Waals surface area contributed by atoms with Crippen LogP contribution in [0.25, 0.3) is 22.2 Å². The van der Waals surface area contributed by atoms with Gasteiger partial charge in [-0.15, -0.1) is 0 Å². The summed E-state index contributed by atoms with van der Waals surface area (Å²) in [5.74, 6) is -0.229. The van der Waals surface area contributed by atoms with Crippen molar-refractivity contribution < 1.29 is 9.59 Å². The van der Waals surface area contributed by atoms with Crippen LogP contribution in [0.5, 0.6) is 0 Å². The highest BCUT2D eigenvalue weighted by molar-refractivity contribution is 6.03. The number of carbonyl (C=O) groups excluding carboxylic acids is 2. The third kappa shape index (κ3) is 4.72. The summed E-state index contributed by atoms with van der Waals surface area (Å²) in [7, 11) is 2.07. The molecule has 2 amide bonds. The molecule has 38 heavy (non-hydrogen) atoms. The summed E-state index contributed by atoms with van der Waals surface area (Å²) >= 11 is 0. The Balaban J connectivity index is 1.52. The van der Waals surface area contributed by atoms with Crippen molar-refractivity contribution in [2.24, 2.45) is 7.05 Å². The molecule has 1 atom stereocenters. The summed E-state index contributed by atoms with van der Waals surface area (Å²) < 4.78 is 2.21. The number of nitrogens with one attached hydrogen (secondary N) is 1. The second-order valence-electron chi connectivity index (χ2n) is 9.86. The van der Waals surface area contributed by atoms with Crippen LogP contribution in [0.1, 0.15) is 47.8 Å². The molecule has 1 aliphatic heterocycles. The lowest BCUT2D eigenvalue weighted by Gasteiger charge is -2.26. The smallest absolute Gasteiger partial charge is 0.255 e. The van der Waals surface area contributed by atoms with E-state index >= 15 is 0 Å². The van der Waals surface area contributed by atoms with Crippen LogP contribution in [0, 0.1) is 0 Å². The predicted octanol–water partition coefficient (Wildman–Crippen LogP) is 5.24. The molecule has 0 saturated heterocycles. The molecule has 6 nitrogen and oxygen atoms in total. The Bertz CT molecular complexity index is 1440. The third-order valence-electron chi connectivity index (χ3n) is 7.71. The highest BCUT2D eigenvalue weighted by Gasteiger charge is 2.41.